The Labute approximate surface area is 162 Å². The van der Waals surface area contributed by atoms with Crippen molar-refractivity contribution in [2.24, 2.45) is 0 Å². The van der Waals surface area contributed by atoms with Crippen molar-refractivity contribution in [1.29, 1.82) is 0 Å². The zero-order valence-corrected chi connectivity index (χ0v) is 16.3. The van der Waals surface area contributed by atoms with Crippen molar-refractivity contribution in [3.63, 3.8) is 0 Å². The van der Waals surface area contributed by atoms with Gasteiger partial charge < -0.3 is 23.6 Å². The van der Waals surface area contributed by atoms with Crippen molar-refractivity contribution in [2.75, 3.05) is 35.4 Å². The summed E-state index contributed by atoms with van der Waals surface area (Å²) >= 11 is 0. The second-order valence-corrected chi connectivity index (χ2v) is 6.08. The van der Waals surface area contributed by atoms with Gasteiger partial charge in [0.05, 0.1) is 32.5 Å². The van der Waals surface area contributed by atoms with Crippen LogP contribution >= 0.6 is 0 Å². The third-order valence-electron chi connectivity index (χ3n) is 4.14. The summed E-state index contributed by atoms with van der Waals surface area (Å²) in [5, 5.41) is 4.05. The Morgan fingerprint density at radius 1 is 1.00 bits per heavy atom. The first kappa shape index (κ1) is 19.2. The number of hydrogen-bond acceptors (Lipinski definition) is 7. The van der Waals surface area contributed by atoms with E-state index in [9.17, 15) is 4.79 Å². The summed E-state index contributed by atoms with van der Waals surface area (Å²) < 4.78 is 21.5. The van der Waals surface area contributed by atoms with Crippen LogP contribution in [0.15, 0.2) is 40.9 Å². The number of ether oxygens (including phenoxy) is 3. The summed E-state index contributed by atoms with van der Waals surface area (Å²) in [5.41, 5.74) is 1.67. The Morgan fingerprint density at radius 3 is 2.21 bits per heavy atom. The van der Waals surface area contributed by atoms with E-state index in [-0.39, 0.29) is 11.8 Å². The van der Waals surface area contributed by atoms with E-state index in [1.54, 1.807) is 44.4 Å². The molecule has 3 aromatic rings. The fourth-order valence-electron chi connectivity index (χ4n) is 2.76. The lowest BCUT2D eigenvalue weighted by Crippen LogP contribution is -2.22. The average molecular weight is 383 g/mol. The highest BCUT2D eigenvalue weighted by atomic mass is 16.5. The van der Waals surface area contributed by atoms with Crippen LogP contribution in [0.2, 0.25) is 0 Å². The second kappa shape index (κ2) is 7.99. The molecular weight excluding hydrogens is 362 g/mol. The quantitative estimate of drug-likeness (QED) is 0.646. The van der Waals surface area contributed by atoms with E-state index in [1.807, 2.05) is 6.07 Å². The molecule has 0 N–H and O–H groups in total. The first-order valence-corrected chi connectivity index (χ1v) is 8.45. The monoisotopic (exact) mass is 383 g/mol. The Balaban J connectivity index is 2.06. The molecule has 8 heteroatoms. The number of nitrogens with zero attached hydrogens (tertiary/aromatic N) is 3. The zero-order chi connectivity index (χ0) is 20.3. The molecule has 0 aliphatic heterocycles. The molecule has 0 bridgehead atoms. The molecule has 0 fully saturated rings. The first-order chi connectivity index (χ1) is 13.5. The van der Waals surface area contributed by atoms with E-state index in [0.717, 1.165) is 0 Å². The standard InChI is InChI=1S/C20H21N3O5/c1-23(2)20(24)14-9-7-6-8-13(14)19-21-18(22-28-19)12-10-15(25-3)17(27-5)16(11-12)26-4/h6-11H,1-5H3. The first-order valence-electron chi connectivity index (χ1n) is 8.45. The molecule has 0 atom stereocenters. The number of aromatic nitrogens is 2. The molecule has 28 heavy (non-hydrogen) atoms. The van der Waals surface area contributed by atoms with Gasteiger partial charge in [-0.3, -0.25) is 4.79 Å². The van der Waals surface area contributed by atoms with Crippen LogP contribution in [0.3, 0.4) is 0 Å². The molecule has 0 unspecified atom stereocenters. The maximum absolute atomic E-state index is 12.4. The van der Waals surface area contributed by atoms with Crippen LogP contribution in [-0.2, 0) is 0 Å². The Bertz CT molecular complexity index is 972. The highest BCUT2D eigenvalue weighted by molar-refractivity contribution is 5.99. The number of carbonyl (C=O) groups excluding carboxylic acids is 1. The van der Waals surface area contributed by atoms with Crippen LogP contribution in [0.4, 0.5) is 0 Å². The molecule has 1 heterocycles. The van der Waals surface area contributed by atoms with Crippen LogP contribution in [0, 0.1) is 0 Å². The van der Waals surface area contributed by atoms with Crippen LogP contribution < -0.4 is 14.2 Å². The predicted molar refractivity (Wildman–Crippen MR) is 103 cm³/mol. The van der Waals surface area contributed by atoms with Crippen LogP contribution in [-0.4, -0.2) is 56.4 Å². The van der Waals surface area contributed by atoms with E-state index in [0.29, 0.717) is 39.8 Å². The number of benzene rings is 2. The van der Waals surface area contributed by atoms with E-state index < -0.39 is 0 Å². The minimum Gasteiger partial charge on any atom is -0.493 e. The van der Waals surface area contributed by atoms with Crippen LogP contribution in [0.1, 0.15) is 10.4 Å². The topological polar surface area (TPSA) is 86.9 Å². The van der Waals surface area contributed by atoms with Gasteiger partial charge in [-0.05, 0) is 24.3 Å². The van der Waals surface area contributed by atoms with Crippen molar-refractivity contribution < 1.29 is 23.5 Å². The maximum atomic E-state index is 12.4. The van der Waals surface area contributed by atoms with Gasteiger partial charge in [0, 0.05) is 19.7 Å². The molecular formula is C20H21N3O5. The van der Waals surface area contributed by atoms with Gasteiger partial charge in [-0.1, -0.05) is 17.3 Å². The molecule has 0 radical (unpaired) electrons. The minimum absolute atomic E-state index is 0.150. The summed E-state index contributed by atoms with van der Waals surface area (Å²) in [7, 11) is 7.98. The molecule has 2 aromatic carbocycles. The molecule has 0 aliphatic carbocycles. The lowest BCUT2D eigenvalue weighted by atomic mass is 10.1. The minimum atomic E-state index is -0.150. The van der Waals surface area contributed by atoms with Gasteiger partial charge >= 0.3 is 0 Å². The van der Waals surface area contributed by atoms with E-state index in [4.69, 9.17) is 18.7 Å². The number of methoxy groups -OCH3 is 3. The maximum Gasteiger partial charge on any atom is 0.259 e. The zero-order valence-electron chi connectivity index (χ0n) is 16.3. The summed E-state index contributed by atoms with van der Waals surface area (Å²) in [5.74, 6) is 1.86. The summed E-state index contributed by atoms with van der Waals surface area (Å²) in [6, 6.07) is 10.5. The third-order valence-corrected chi connectivity index (χ3v) is 4.14. The van der Waals surface area contributed by atoms with Gasteiger partial charge in [0.2, 0.25) is 11.6 Å². The normalized spacial score (nSPS) is 10.5. The molecule has 146 valence electrons. The van der Waals surface area contributed by atoms with Gasteiger partial charge in [0.15, 0.2) is 11.5 Å². The Hall–Kier alpha value is -3.55. The summed E-state index contributed by atoms with van der Waals surface area (Å²) in [6.07, 6.45) is 0. The van der Waals surface area contributed by atoms with Crippen LogP contribution in [0.5, 0.6) is 17.2 Å². The Morgan fingerprint density at radius 2 is 1.64 bits per heavy atom. The Kier molecular flexibility index (Phi) is 5.49. The van der Waals surface area contributed by atoms with Gasteiger partial charge in [-0.25, -0.2) is 0 Å². The van der Waals surface area contributed by atoms with Gasteiger partial charge in [-0.2, -0.15) is 4.98 Å². The summed E-state index contributed by atoms with van der Waals surface area (Å²) in [6.45, 7) is 0. The van der Waals surface area contributed by atoms with E-state index in [1.165, 1.54) is 26.2 Å². The fourth-order valence-corrected chi connectivity index (χ4v) is 2.76. The van der Waals surface area contributed by atoms with Crippen molar-refractivity contribution >= 4 is 5.91 Å². The van der Waals surface area contributed by atoms with Gasteiger partial charge in [-0.15, -0.1) is 0 Å². The highest BCUT2D eigenvalue weighted by Crippen LogP contribution is 2.40. The number of rotatable bonds is 6. The molecule has 3 rings (SSSR count). The van der Waals surface area contributed by atoms with E-state index >= 15 is 0 Å². The van der Waals surface area contributed by atoms with E-state index in [2.05, 4.69) is 10.1 Å². The lowest BCUT2D eigenvalue weighted by molar-refractivity contribution is 0.0828. The van der Waals surface area contributed by atoms with Crippen molar-refractivity contribution in [1.82, 2.24) is 15.0 Å². The molecule has 1 amide bonds. The van der Waals surface area contributed by atoms with Crippen molar-refractivity contribution in [2.45, 2.75) is 0 Å². The number of hydrogen-bond donors (Lipinski definition) is 0. The molecule has 1 aromatic heterocycles. The molecule has 0 spiro atoms. The predicted octanol–water partition coefficient (Wildman–Crippen LogP) is 3.13. The third kappa shape index (κ3) is 3.48. The molecule has 0 saturated heterocycles. The average Bonchev–Trinajstić information content (AvgIpc) is 3.22. The van der Waals surface area contributed by atoms with Crippen LogP contribution in [0.25, 0.3) is 22.8 Å². The SMILES string of the molecule is COc1cc(-c2noc(-c3ccccc3C(=O)N(C)C)n2)cc(OC)c1OC. The number of carbonyl (C=O) groups is 1. The molecule has 8 nitrogen and oxygen atoms in total. The highest BCUT2D eigenvalue weighted by Gasteiger charge is 2.21. The smallest absolute Gasteiger partial charge is 0.259 e. The summed E-state index contributed by atoms with van der Waals surface area (Å²) in [4.78, 5) is 18.4. The van der Waals surface area contributed by atoms with Crippen molar-refractivity contribution in [3.05, 3.63) is 42.0 Å². The van der Waals surface area contributed by atoms with Gasteiger partial charge in [0.1, 0.15) is 0 Å². The van der Waals surface area contributed by atoms with Crippen molar-refractivity contribution in [3.8, 4) is 40.1 Å². The fraction of sp³-hybridized carbons (Fsp3) is 0.250. The molecule has 0 saturated carbocycles. The second-order valence-electron chi connectivity index (χ2n) is 6.08. The largest absolute Gasteiger partial charge is 0.493 e. The molecule has 0 aliphatic rings. The van der Waals surface area contributed by atoms with Gasteiger partial charge in [0.25, 0.3) is 11.8 Å². The number of amides is 1. The lowest BCUT2D eigenvalue weighted by Gasteiger charge is -2.13.